The Hall–Kier alpha value is -1.20. The van der Waals surface area contributed by atoms with E-state index < -0.39 is 0 Å². The molecule has 1 aliphatic rings. The molecule has 1 atom stereocenters. The van der Waals surface area contributed by atoms with Gasteiger partial charge in [0.25, 0.3) is 0 Å². The Labute approximate surface area is 111 Å². The highest BCUT2D eigenvalue weighted by Crippen LogP contribution is 2.18. The van der Waals surface area contributed by atoms with Crippen molar-refractivity contribution in [3.63, 3.8) is 0 Å². The van der Waals surface area contributed by atoms with E-state index in [1.165, 1.54) is 19.3 Å². The number of aryl methyl sites for hydroxylation is 1. The van der Waals surface area contributed by atoms with Crippen LogP contribution in [0, 0.1) is 4.77 Å². The summed E-state index contributed by atoms with van der Waals surface area (Å²) >= 11 is 5.35. The first-order chi connectivity index (χ1) is 8.84. The molecule has 5 heteroatoms. The van der Waals surface area contributed by atoms with Crippen LogP contribution in [0.25, 0.3) is 11.2 Å². The van der Waals surface area contributed by atoms with Crippen LogP contribution in [0.5, 0.6) is 0 Å². The van der Waals surface area contributed by atoms with Crippen molar-refractivity contribution >= 4 is 23.4 Å². The predicted molar refractivity (Wildman–Crippen MR) is 73.1 cm³/mol. The van der Waals surface area contributed by atoms with Gasteiger partial charge in [-0.25, -0.2) is 4.98 Å². The van der Waals surface area contributed by atoms with Crippen LogP contribution in [0.1, 0.15) is 25.7 Å². The Morgan fingerprint density at radius 2 is 2.44 bits per heavy atom. The molecular formula is C13H17N3OS. The molecule has 0 aromatic carbocycles. The van der Waals surface area contributed by atoms with Crippen LogP contribution in [0.2, 0.25) is 0 Å². The standard InChI is InChI=1S/C13H17N3OS/c18-13-15-11-5-3-7-14-12(11)16(13)8-6-10-4-1-2-9-17-10/h3,5,7,10H,1-2,4,6,8-9H2,(H,15,18). The zero-order valence-electron chi connectivity index (χ0n) is 10.3. The van der Waals surface area contributed by atoms with E-state index in [1.807, 2.05) is 12.1 Å². The summed E-state index contributed by atoms with van der Waals surface area (Å²) in [6, 6.07) is 3.92. The minimum Gasteiger partial charge on any atom is -0.378 e. The van der Waals surface area contributed by atoms with Gasteiger partial charge in [0, 0.05) is 19.3 Å². The third-order valence-electron chi connectivity index (χ3n) is 3.48. The lowest BCUT2D eigenvalue weighted by molar-refractivity contribution is 0.00890. The van der Waals surface area contributed by atoms with Gasteiger partial charge in [-0.05, 0) is 50.0 Å². The van der Waals surface area contributed by atoms with Crippen molar-refractivity contribution in [3.8, 4) is 0 Å². The number of pyridine rings is 1. The molecule has 0 spiro atoms. The molecule has 2 aromatic heterocycles. The zero-order valence-corrected chi connectivity index (χ0v) is 11.1. The minimum atomic E-state index is 0.384. The maximum Gasteiger partial charge on any atom is 0.179 e. The molecule has 0 aliphatic carbocycles. The normalized spacial score (nSPS) is 20.3. The molecule has 0 amide bonds. The van der Waals surface area contributed by atoms with Crippen molar-refractivity contribution in [1.29, 1.82) is 0 Å². The first-order valence-electron chi connectivity index (χ1n) is 6.50. The molecule has 0 bridgehead atoms. The van der Waals surface area contributed by atoms with Crippen LogP contribution in [0.4, 0.5) is 0 Å². The third-order valence-corrected chi connectivity index (χ3v) is 3.80. The summed E-state index contributed by atoms with van der Waals surface area (Å²) < 4.78 is 8.57. The number of hydrogen-bond acceptors (Lipinski definition) is 3. The Morgan fingerprint density at radius 3 is 3.28 bits per heavy atom. The van der Waals surface area contributed by atoms with E-state index in [0.717, 1.165) is 35.5 Å². The van der Waals surface area contributed by atoms with Gasteiger partial charge in [-0.1, -0.05) is 0 Å². The molecule has 2 aromatic rings. The summed E-state index contributed by atoms with van der Waals surface area (Å²) in [4.78, 5) is 7.58. The quantitative estimate of drug-likeness (QED) is 0.865. The molecule has 3 rings (SSSR count). The Bertz CT molecular complexity index is 583. The topological polar surface area (TPSA) is 42.8 Å². The average Bonchev–Trinajstić information content (AvgIpc) is 2.73. The first-order valence-corrected chi connectivity index (χ1v) is 6.90. The third kappa shape index (κ3) is 2.33. The smallest absolute Gasteiger partial charge is 0.179 e. The molecule has 1 N–H and O–H groups in total. The molecule has 1 unspecified atom stereocenters. The molecular weight excluding hydrogens is 246 g/mol. The van der Waals surface area contributed by atoms with Gasteiger partial charge in [-0.15, -0.1) is 0 Å². The van der Waals surface area contributed by atoms with Gasteiger partial charge < -0.3 is 14.3 Å². The second kappa shape index (κ2) is 5.20. The van der Waals surface area contributed by atoms with Crippen molar-refractivity contribution in [1.82, 2.24) is 14.5 Å². The number of H-pyrrole nitrogens is 1. The molecule has 18 heavy (non-hydrogen) atoms. The Kier molecular flexibility index (Phi) is 3.43. The lowest BCUT2D eigenvalue weighted by atomic mass is 10.1. The fraction of sp³-hybridized carbons (Fsp3) is 0.538. The number of imidazole rings is 1. The van der Waals surface area contributed by atoms with Crippen molar-refractivity contribution in [2.45, 2.75) is 38.3 Å². The monoisotopic (exact) mass is 263 g/mol. The molecule has 3 heterocycles. The van der Waals surface area contributed by atoms with Crippen molar-refractivity contribution in [2.75, 3.05) is 6.61 Å². The Balaban J connectivity index is 1.77. The second-order valence-corrected chi connectivity index (χ2v) is 5.12. The summed E-state index contributed by atoms with van der Waals surface area (Å²) in [5.74, 6) is 0. The molecule has 1 fully saturated rings. The zero-order chi connectivity index (χ0) is 12.4. The largest absolute Gasteiger partial charge is 0.378 e. The SMILES string of the molecule is S=c1[nH]c2cccnc2n1CCC1CCCCO1. The fourth-order valence-corrected chi connectivity index (χ4v) is 2.79. The van der Waals surface area contributed by atoms with Crippen LogP contribution in [0.15, 0.2) is 18.3 Å². The molecule has 1 saturated heterocycles. The van der Waals surface area contributed by atoms with E-state index in [1.54, 1.807) is 6.20 Å². The van der Waals surface area contributed by atoms with Gasteiger partial charge in [0.05, 0.1) is 11.6 Å². The lowest BCUT2D eigenvalue weighted by Crippen LogP contribution is -2.20. The van der Waals surface area contributed by atoms with Gasteiger partial charge in [-0.2, -0.15) is 0 Å². The van der Waals surface area contributed by atoms with E-state index in [-0.39, 0.29) is 0 Å². The number of hydrogen-bond donors (Lipinski definition) is 1. The van der Waals surface area contributed by atoms with E-state index in [2.05, 4.69) is 14.5 Å². The highest BCUT2D eigenvalue weighted by Gasteiger charge is 2.14. The van der Waals surface area contributed by atoms with Gasteiger partial charge >= 0.3 is 0 Å². The molecule has 0 saturated carbocycles. The highest BCUT2D eigenvalue weighted by atomic mass is 32.1. The average molecular weight is 263 g/mol. The van der Waals surface area contributed by atoms with Gasteiger partial charge in [0.15, 0.2) is 10.4 Å². The summed E-state index contributed by atoms with van der Waals surface area (Å²) in [5.41, 5.74) is 1.95. The maximum atomic E-state index is 5.75. The number of nitrogens with zero attached hydrogens (tertiary/aromatic N) is 2. The summed E-state index contributed by atoms with van der Waals surface area (Å²) in [5, 5.41) is 0. The van der Waals surface area contributed by atoms with Gasteiger partial charge in [0.2, 0.25) is 0 Å². The highest BCUT2D eigenvalue weighted by molar-refractivity contribution is 7.71. The maximum absolute atomic E-state index is 5.75. The second-order valence-electron chi connectivity index (χ2n) is 4.73. The van der Waals surface area contributed by atoms with E-state index in [4.69, 9.17) is 17.0 Å². The van der Waals surface area contributed by atoms with Crippen LogP contribution < -0.4 is 0 Å². The van der Waals surface area contributed by atoms with Gasteiger partial charge in [-0.3, -0.25) is 0 Å². The predicted octanol–water partition coefficient (Wildman–Crippen LogP) is 3.05. The summed E-state index contributed by atoms with van der Waals surface area (Å²) in [6.45, 7) is 1.78. The molecule has 4 nitrogen and oxygen atoms in total. The first kappa shape index (κ1) is 11.9. The number of fused-ring (bicyclic) bond motifs is 1. The number of ether oxygens (including phenoxy) is 1. The van der Waals surface area contributed by atoms with Crippen LogP contribution in [-0.2, 0) is 11.3 Å². The van der Waals surface area contributed by atoms with Crippen LogP contribution in [-0.4, -0.2) is 27.2 Å². The van der Waals surface area contributed by atoms with Crippen molar-refractivity contribution < 1.29 is 4.74 Å². The van der Waals surface area contributed by atoms with Crippen LogP contribution >= 0.6 is 12.2 Å². The fourth-order valence-electron chi connectivity index (χ4n) is 2.50. The van der Waals surface area contributed by atoms with E-state index in [9.17, 15) is 0 Å². The van der Waals surface area contributed by atoms with E-state index >= 15 is 0 Å². The lowest BCUT2D eigenvalue weighted by Gasteiger charge is -2.22. The molecule has 96 valence electrons. The number of nitrogens with one attached hydrogen (secondary N) is 1. The van der Waals surface area contributed by atoms with Gasteiger partial charge in [0.1, 0.15) is 0 Å². The van der Waals surface area contributed by atoms with Crippen molar-refractivity contribution in [2.24, 2.45) is 0 Å². The van der Waals surface area contributed by atoms with Crippen molar-refractivity contribution in [3.05, 3.63) is 23.1 Å². The number of rotatable bonds is 3. The summed E-state index contributed by atoms with van der Waals surface area (Å²) in [7, 11) is 0. The molecule has 0 radical (unpaired) electrons. The number of aromatic amines is 1. The van der Waals surface area contributed by atoms with E-state index in [0.29, 0.717) is 6.10 Å². The van der Waals surface area contributed by atoms with Crippen LogP contribution in [0.3, 0.4) is 0 Å². The molecule has 1 aliphatic heterocycles. The minimum absolute atomic E-state index is 0.384. The number of aromatic nitrogens is 3. The summed E-state index contributed by atoms with van der Waals surface area (Å²) in [6.07, 6.45) is 6.85. The Morgan fingerprint density at radius 1 is 1.50 bits per heavy atom.